The highest BCUT2D eigenvalue weighted by atomic mass is 16.5. The maximum absolute atomic E-state index is 11.8. The normalized spacial score (nSPS) is 20.6. The second kappa shape index (κ2) is 4.20. The summed E-state index contributed by atoms with van der Waals surface area (Å²) >= 11 is 0. The monoisotopic (exact) mass is 237 g/mol. The number of hydrogen-bond acceptors (Lipinski definition) is 4. The predicted octanol–water partition coefficient (Wildman–Crippen LogP) is 0.138. The van der Waals surface area contributed by atoms with E-state index in [1.165, 1.54) is 0 Å². The highest BCUT2D eigenvalue weighted by Gasteiger charge is 2.31. The van der Waals surface area contributed by atoms with Crippen molar-refractivity contribution in [1.29, 1.82) is 0 Å². The minimum absolute atomic E-state index is 0.0621. The molecular formula is C11H15N3O3. The first-order chi connectivity index (χ1) is 8.00. The van der Waals surface area contributed by atoms with E-state index in [-0.39, 0.29) is 18.4 Å². The van der Waals surface area contributed by atoms with Gasteiger partial charge in [-0.3, -0.25) is 9.59 Å². The van der Waals surface area contributed by atoms with Crippen LogP contribution in [0.5, 0.6) is 0 Å². The van der Waals surface area contributed by atoms with Crippen LogP contribution in [0.3, 0.4) is 0 Å². The summed E-state index contributed by atoms with van der Waals surface area (Å²) in [5.41, 5.74) is 1.63. The van der Waals surface area contributed by atoms with E-state index in [4.69, 9.17) is 4.52 Å². The Morgan fingerprint density at radius 1 is 1.47 bits per heavy atom. The molecule has 1 aromatic heterocycles. The van der Waals surface area contributed by atoms with Crippen LogP contribution in [0, 0.1) is 13.8 Å². The summed E-state index contributed by atoms with van der Waals surface area (Å²) in [6.07, 6.45) is 0. The topological polar surface area (TPSA) is 75.4 Å². The summed E-state index contributed by atoms with van der Waals surface area (Å²) in [6.45, 7) is 5.77. The Bertz CT molecular complexity index is 447. The van der Waals surface area contributed by atoms with E-state index in [1.807, 2.05) is 6.92 Å². The smallest absolute Gasteiger partial charge is 0.242 e. The van der Waals surface area contributed by atoms with E-state index in [1.54, 1.807) is 18.7 Å². The van der Waals surface area contributed by atoms with Gasteiger partial charge < -0.3 is 14.7 Å². The maximum atomic E-state index is 11.8. The van der Waals surface area contributed by atoms with Crippen molar-refractivity contribution in [3.05, 3.63) is 17.0 Å². The molecule has 1 aliphatic rings. The standard InChI is InChI=1S/C11H15N3O3/c1-6-9(8(3)17-13-6)5-14-7(2)11(16)12-4-10(14)15/h7H,4-5H2,1-3H3,(H,12,16). The Hall–Kier alpha value is -1.85. The zero-order valence-corrected chi connectivity index (χ0v) is 10.1. The van der Waals surface area contributed by atoms with Crippen LogP contribution in [-0.4, -0.2) is 34.5 Å². The van der Waals surface area contributed by atoms with Crippen molar-refractivity contribution < 1.29 is 14.1 Å². The Morgan fingerprint density at radius 3 is 2.76 bits per heavy atom. The minimum Gasteiger partial charge on any atom is -0.361 e. The number of rotatable bonds is 2. The lowest BCUT2D eigenvalue weighted by Gasteiger charge is -2.32. The molecule has 1 atom stereocenters. The number of piperazine rings is 1. The van der Waals surface area contributed by atoms with Crippen LogP contribution in [-0.2, 0) is 16.1 Å². The van der Waals surface area contributed by atoms with Gasteiger partial charge >= 0.3 is 0 Å². The van der Waals surface area contributed by atoms with E-state index in [2.05, 4.69) is 10.5 Å². The van der Waals surface area contributed by atoms with Gasteiger partial charge in [-0.15, -0.1) is 0 Å². The second-order valence-corrected chi connectivity index (χ2v) is 4.22. The number of carbonyl (C=O) groups excluding carboxylic acids is 2. The molecule has 1 aromatic rings. The Morgan fingerprint density at radius 2 is 2.18 bits per heavy atom. The first kappa shape index (κ1) is 11.6. The summed E-state index contributed by atoms with van der Waals surface area (Å²) in [5.74, 6) is 0.474. The van der Waals surface area contributed by atoms with Gasteiger partial charge in [0.05, 0.1) is 18.8 Å². The van der Waals surface area contributed by atoms with E-state index in [0.717, 1.165) is 11.3 Å². The molecule has 0 bridgehead atoms. The SMILES string of the molecule is Cc1noc(C)c1CN1C(=O)CNC(=O)C1C. The van der Waals surface area contributed by atoms with Gasteiger partial charge in [0, 0.05) is 5.56 Å². The molecule has 2 amide bonds. The number of nitrogens with one attached hydrogen (secondary N) is 1. The van der Waals surface area contributed by atoms with E-state index in [0.29, 0.717) is 12.3 Å². The molecule has 1 N–H and O–H groups in total. The van der Waals surface area contributed by atoms with Gasteiger partial charge in [0.25, 0.3) is 0 Å². The van der Waals surface area contributed by atoms with Crippen molar-refractivity contribution in [3.8, 4) is 0 Å². The van der Waals surface area contributed by atoms with Crippen LogP contribution in [0.15, 0.2) is 4.52 Å². The van der Waals surface area contributed by atoms with Crippen molar-refractivity contribution in [2.24, 2.45) is 0 Å². The Kier molecular flexibility index (Phi) is 2.87. The number of amides is 2. The van der Waals surface area contributed by atoms with Crippen molar-refractivity contribution in [2.45, 2.75) is 33.4 Å². The highest BCUT2D eigenvalue weighted by Crippen LogP contribution is 2.17. The fourth-order valence-corrected chi connectivity index (χ4v) is 1.89. The average molecular weight is 237 g/mol. The molecule has 0 aliphatic carbocycles. The molecule has 1 unspecified atom stereocenters. The number of aromatic nitrogens is 1. The average Bonchev–Trinajstić information content (AvgIpc) is 2.60. The fraction of sp³-hybridized carbons (Fsp3) is 0.545. The van der Waals surface area contributed by atoms with E-state index < -0.39 is 6.04 Å². The molecule has 92 valence electrons. The van der Waals surface area contributed by atoms with E-state index >= 15 is 0 Å². The highest BCUT2D eigenvalue weighted by molar-refractivity contribution is 5.94. The van der Waals surface area contributed by atoms with Crippen molar-refractivity contribution >= 4 is 11.8 Å². The summed E-state index contributed by atoms with van der Waals surface area (Å²) in [7, 11) is 0. The zero-order valence-electron chi connectivity index (χ0n) is 10.1. The molecule has 6 heteroatoms. The zero-order chi connectivity index (χ0) is 12.6. The third-order valence-electron chi connectivity index (χ3n) is 3.09. The molecule has 6 nitrogen and oxygen atoms in total. The lowest BCUT2D eigenvalue weighted by molar-refractivity contribution is -0.145. The lowest BCUT2D eigenvalue weighted by atomic mass is 10.1. The van der Waals surface area contributed by atoms with Crippen LogP contribution in [0.25, 0.3) is 0 Å². The van der Waals surface area contributed by atoms with Crippen molar-refractivity contribution in [3.63, 3.8) is 0 Å². The van der Waals surface area contributed by atoms with Gasteiger partial charge in [-0.1, -0.05) is 5.16 Å². The summed E-state index contributed by atoms with van der Waals surface area (Å²) in [6, 6.07) is -0.454. The van der Waals surface area contributed by atoms with Crippen LogP contribution in [0.4, 0.5) is 0 Å². The molecule has 1 saturated heterocycles. The first-order valence-corrected chi connectivity index (χ1v) is 5.49. The molecule has 17 heavy (non-hydrogen) atoms. The number of aryl methyl sites for hydroxylation is 2. The molecule has 0 spiro atoms. The second-order valence-electron chi connectivity index (χ2n) is 4.22. The number of nitrogens with zero attached hydrogens (tertiary/aromatic N) is 2. The van der Waals surface area contributed by atoms with Gasteiger partial charge in [-0.05, 0) is 20.8 Å². The quantitative estimate of drug-likeness (QED) is 0.793. The Balaban J connectivity index is 2.22. The largest absolute Gasteiger partial charge is 0.361 e. The fourth-order valence-electron chi connectivity index (χ4n) is 1.89. The summed E-state index contributed by atoms with van der Waals surface area (Å²) in [5, 5.41) is 6.39. The molecule has 2 heterocycles. The molecule has 0 saturated carbocycles. The van der Waals surface area contributed by atoms with Gasteiger partial charge in [0.15, 0.2) is 0 Å². The van der Waals surface area contributed by atoms with Gasteiger partial charge in [-0.2, -0.15) is 0 Å². The van der Waals surface area contributed by atoms with Crippen molar-refractivity contribution in [1.82, 2.24) is 15.4 Å². The predicted molar refractivity (Wildman–Crippen MR) is 59.0 cm³/mol. The van der Waals surface area contributed by atoms with Crippen molar-refractivity contribution in [2.75, 3.05) is 6.54 Å². The molecule has 1 aliphatic heterocycles. The summed E-state index contributed by atoms with van der Waals surface area (Å²) < 4.78 is 5.05. The van der Waals surface area contributed by atoms with Gasteiger partial charge in [0.2, 0.25) is 11.8 Å². The lowest BCUT2D eigenvalue weighted by Crippen LogP contribution is -2.56. The van der Waals surface area contributed by atoms with Crippen LogP contribution in [0.1, 0.15) is 23.9 Å². The third kappa shape index (κ3) is 2.02. The van der Waals surface area contributed by atoms with Crippen LogP contribution in [0.2, 0.25) is 0 Å². The summed E-state index contributed by atoms with van der Waals surface area (Å²) in [4.78, 5) is 24.8. The number of hydrogen-bond donors (Lipinski definition) is 1. The van der Waals surface area contributed by atoms with Gasteiger partial charge in [-0.25, -0.2) is 0 Å². The minimum atomic E-state index is -0.454. The molecular weight excluding hydrogens is 222 g/mol. The third-order valence-corrected chi connectivity index (χ3v) is 3.09. The van der Waals surface area contributed by atoms with Gasteiger partial charge in [0.1, 0.15) is 11.8 Å². The number of carbonyl (C=O) groups is 2. The van der Waals surface area contributed by atoms with Crippen LogP contribution < -0.4 is 5.32 Å². The Labute approximate surface area is 98.9 Å². The van der Waals surface area contributed by atoms with Crippen LogP contribution >= 0.6 is 0 Å². The molecule has 2 rings (SSSR count). The molecule has 0 aromatic carbocycles. The maximum Gasteiger partial charge on any atom is 0.242 e. The molecule has 0 radical (unpaired) electrons. The molecule has 1 fully saturated rings. The van der Waals surface area contributed by atoms with E-state index in [9.17, 15) is 9.59 Å². The first-order valence-electron chi connectivity index (χ1n) is 5.49.